The third kappa shape index (κ3) is 2.59. The molecule has 0 spiro atoms. The van der Waals surface area contributed by atoms with Crippen LogP contribution in [0.2, 0.25) is 0 Å². The van der Waals surface area contributed by atoms with Crippen LogP contribution < -0.4 is 4.74 Å². The maximum Gasteiger partial charge on any atom is 0.170 e. The molecular formula is C13H16O2S. The summed E-state index contributed by atoms with van der Waals surface area (Å²) in [7, 11) is 0. The molecule has 0 saturated carbocycles. The van der Waals surface area contributed by atoms with Crippen LogP contribution in [0.5, 0.6) is 5.75 Å². The van der Waals surface area contributed by atoms with E-state index in [9.17, 15) is 4.79 Å². The van der Waals surface area contributed by atoms with Crippen molar-refractivity contribution in [3.63, 3.8) is 0 Å². The summed E-state index contributed by atoms with van der Waals surface area (Å²) in [6.07, 6.45) is 4.80. The lowest BCUT2D eigenvalue weighted by atomic mass is 9.98. The summed E-state index contributed by atoms with van der Waals surface area (Å²) in [4.78, 5) is 11.8. The number of carbonyl (C=O) groups excluding carboxylic acids is 1. The number of ketones is 1. The maximum atomic E-state index is 11.8. The summed E-state index contributed by atoms with van der Waals surface area (Å²) in [5.74, 6) is 2.11. The Morgan fingerprint density at radius 3 is 3.06 bits per heavy atom. The molecule has 0 saturated heterocycles. The molecule has 0 bridgehead atoms. The topological polar surface area (TPSA) is 26.3 Å². The van der Waals surface area contributed by atoms with Crippen LogP contribution >= 0.6 is 11.8 Å². The molecule has 0 N–H and O–H groups in total. The molecule has 1 heterocycles. The fourth-order valence-electron chi connectivity index (χ4n) is 1.95. The van der Waals surface area contributed by atoms with Gasteiger partial charge in [-0.3, -0.25) is 4.79 Å². The fraction of sp³-hybridized carbons (Fsp3) is 0.462. The van der Waals surface area contributed by atoms with Crippen LogP contribution in [0.25, 0.3) is 0 Å². The molecule has 3 heteroatoms. The van der Waals surface area contributed by atoms with Gasteiger partial charge in [0.15, 0.2) is 5.78 Å². The summed E-state index contributed by atoms with van der Waals surface area (Å²) in [5, 5.41) is 0. The van der Waals surface area contributed by atoms with Gasteiger partial charge < -0.3 is 4.74 Å². The zero-order chi connectivity index (χ0) is 11.4. The number of hydrogen-bond donors (Lipinski definition) is 0. The van der Waals surface area contributed by atoms with Crippen LogP contribution in [0.3, 0.4) is 0 Å². The van der Waals surface area contributed by atoms with E-state index in [0.29, 0.717) is 6.42 Å². The quantitative estimate of drug-likeness (QED) is 0.751. The number of hydrogen-bond acceptors (Lipinski definition) is 3. The predicted octanol–water partition coefficient (Wildman–Crippen LogP) is 3.16. The third-order valence-electron chi connectivity index (χ3n) is 2.77. The van der Waals surface area contributed by atoms with Gasteiger partial charge in [-0.2, -0.15) is 11.8 Å². The normalized spacial score (nSPS) is 19.1. The molecule has 1 unspecified atom stereocenters. The van der Waals surface area contributed by atoms with Gasteiger partial charge in [-0.1, -0.05) is 12.1 Å². The Morgan fingerprint density at radius 1 is 1.44 bits per heavy atom. The molecular weight excluding hydrogens is 220 g/mol. The third-order valence-corrected chi connectivity index (χ3v) is 3.47. The first-order valence-corrected chi connectivity index (χ1v) is 6.98. The first kappa shape index (κ1) is 11.5. The van der Waals surface area contributed by atoms with Crippen LogP contribution in [-0.2, 0) is 0 Å². The number of rotatable bonds is 4. The summed E-state index contributed by atoms with van der Waals surface area (Å²) < 4.78 is 5.82. The van der Waals surface area contributed by atoms with Crippen molar-refractivity contribution >= 4 is 17.5 Å². The SMILES string of the molecule is CSCCCC1CC(=O)c2ccccc2O1. The van der Waals surface area contributed by atoms with Crippen molar-refractivity contribution in [2.24, 2.45) is 0 Å². The molecule has 1 atom stereocenters. The molecule has 86 valence electrons. The van der Waals surface area contributed by atoms with E-state index in [0.717, 1.165) is 29.9 Å². The van der Waals surface area contributed by atoms with E-state index in [1.165, 1.54) is 0 Å². The zero-order valence-electron chi connectivity index (χ0n) is 9.44. The Morgan fingerprint density at radius 2 is 2.25 bits per heavy atom. The van der Waals surface area contributed by atoms with E-state index in [4.69, 9.17) is 4.74 Å². The summed E-state index contributed by atoms with van der Waals surface area (Å²) >= 11 is 1.84. The van der Waals surface area contributed by atoms with Crippen molar-refractivity contribution in [1.82, 2.24) is 0 Å². The second kappa shape index (κ2) is 5.39. The summed E-state index contributed by atoms with van der Waals surface area (Å²) in [6.45, 7) is 0. The highest BCUT2D eigenvalue weighted by Crippen LogP contribution is 2.28. The molecule has 0 fully saturated rings. The number of benzene rings is 1. The van der Waals surface area contributed by atoms with Crippen LogP contribution in [0.1, 0.15) is 29.6 Å². The van der Waals surface area contributed by atoms with Gasteiger partial charge in [0.05, 0.1) is 5.56 Å². The number of Topliss-reactive ketones (excluding diaryl/α,β-unsaturated/α-hetero) is 1. The Balaban J connectivity index is 2.01. The van der Waals surface area contributed by atoms with E-state index in [-0.39, 0.29) is 11.9 Å². The van der Waals surface area contributed by atoms with E-state index < -0.39 is 0 Å². The Hall–Kier alpha value is -0.960. The van der Waals surface area contributed by atoms with E-state index in [1.807, 2.05) is 36.0 Å². The van der Waals surface area contributed by atoms with Gasteiger partial charge in [0.2, 0.25) is 0 Å². The van der Waals surface area contributed by atoms with Gasteiger partial charge in [0.25, 0.3) is 0 Å². The minimum atomic E-state index is 0.0783. The highest BCUT2D eigenvalue weighted by Gasteiger charge is 2.25. The smallest absolute Gasteiger partial charge is 0.170 e. The molecule has 2 nitrogen and oxygen atoms in total. The average Bonchev–Trinajstić information content (AvgIpc) is 2.30. The second-order valence-corrected chi connectivity index (χ2v) is 4.98. The van der Waals surface area contributed by atoms with Gasteiger partial charge in [-0.05, 0) is 37.0 Å². The second-order valence-electron chi connectivity index (χ2n) is 4.00. The van der Waals surface area contributed by atoms with Gasteiger partial charge in [-0.15, -0.1) is 0 Å². The van der Waals surface area contributed by atoms with Crippen LogP contribution in [0.15, 0.2) is 24.3 Å². The molecule has 16 heavy (non-hydrogen) atoms. The Labute approximate surface area is 100 Å². The van der Waals surface area contributed by atoms with E-state index in [2.05, 4.69) is 6.26 Å². The molecule has 0 aromatic heterocycles. The molecule has 2 rings (SSSR count). The monoisotopic (exact) mass is 236 g/mol. The first-order chi connectivity index (χ1) is 7.81. The average molecular weight is 236 g/mol. The minimum absolute atomic E-state index is 0.0783. The molecule has 0 amide bonds. The standard InChI is InChI=1S/C13H16O2S/c1-16-8-4-5-10-9-12(14)11-6-2-3-7-13(11)15-10/h2-3,6-7,10H,4-5,8-9H2,1H3. The van der Waals surface area contributed by atoms with E-state index >= 15 is 0 Å². The highest BCUT2D eigenvalue weighted by molar-refractivity contribution is 7.98. The first-order valence-electron chi connectivity index (χ1n) is 5.59. The van der Waals surface area contributed by atoms with Gasteiger partial charge in [-0.25, -0.2) is 0 Å². The zero-order valence-corrected chi connectivity index (χ0v) is 10.3. The Bertz CT molecular complexity index is 376. The van der Waals surface area contributed by atoms with Gasteiger partial charge in [0, 0.05) is 6.42 Å². The largest absolute Gasteiger partial charge is 0.489 e. The lowest BCUT2D eigenvalue weighted by Crippen LogP contribution is -2.26. The molecule has 1 aromatic carbocycles. The van der Waals surface area contributed by atoms with Crippen molar-refractivity contribution in [3.05, 3.63) is 29.8 Å². The lowest BCUT2D eigenvalue weighted by Gasteiger charge is -2.24. The number of fused-ring (bicyclic) bond motifs is 1. The molecule has 1 aliphatic heterocycles. The number of thioether (sulfide) groups is 1. The number of para-hydroxylation sites is 1. The van der Waals surface area contributed by atoms with E-state index in [1.54, 1.807) is 0 Å². The van der Waals surface area contributed by atoms with Crippen molar-refractivity contribution in [3.8, 4) is 5.75 Å². The van der Waals surface area contributed by atoms with Crippen molar-refractivity contribution in [2.45, 2.75) is 25.4 Å². The highest BCUT2D eigenvalue weighted by atomic mass is 32.2. The minimum Gasteiger partial charge on any atom is -0.489 e. The molecule has 0 aliphatic carbocycles. The number of carbonyl (C=O) groups is 1. The maximum absolute atomic E-state index is 11.8. The van der Waals surface area contributed by atoms with Crippen LogP contribution in [-0.4, -0.2) is 23.9 Å². The molecule has 1 aromatic rings. The number of ether oxygens (including phenoxy) is 1. The molecule has 1 aliphatic rings. The van der Waals surface area contributed by atoms with Crippen molar-refractivity contribution in [1.29, 1.82) is 0 Å². The van der Waals surface area contributed by atoms with Crippen LogP contribution in [0.4, 0.5) is 0 Å². The van der Waals surface area contributed by atoms with Gasteiger partial charge in [0.1, 0.15) is 11.9 Å². The lowest BCUT2D eigenvalue weighted by molar-refractivity contribution is 0.0838. The van der Waals surface area contributed by atoms with Crippen molar-refractivity contribution in [2.75, 3.05) is 12.0 Å². The summed E-state index contributed by atoms with van der Waals surface area (Å²) in [6, 6.07) is 7.52. The Kier molecular flexibility index (Phi) is 3.88. The fourth-order valence-corrected chi connectivity index (χ4v) is 2.41. The van der Waals surface area contributed by atoms with Gasteiger partial charge >= 0.3 is 0 Å². The van der Waals surface area contributed by atoms with Crippen LogP contribution in [0, 0.1) is 0 Å². The molecule has 0 radical (unpaired) electrons. The predicted molar refractivity (Wildman–Crippen MR) is 67.4 cm³/mol. The van der Waals surface area contributed by atoms with Crippen molar-refractivity contribution < 1.29 is 9.53 Å². The summed E-state index contributed by atoms with van der Waals surface area (Å²) in [5.41, 5.74) is 0.739.